The molecule has 2 aliphatic heterocycles. The minimum Gasteiger partial charge on any atom is -0.394 e. The largest absolute Gasteiger partial charge is 0.394 e. The number of carbonyl (C=O) groups is 2. The van der Waals surface area contributed by atoms with Crippen molar-refractivity contribution in [3.63, 3.8) is 0 Å². The number of piperazine rings is 2. The lowest BCUT2D eigenvalue weighted by molar-refractivity contribution is -0.165. The van der Waals surface area contributed by atoms with Crippen LogP contribution >= 0.6 is 0 Å². The Labute approximate surface area is 140 Å². The smallest absolute Gasteiger partial charge is 0.248 e. The Morgan fingerprint density at radius 3 is 2.71 bits per heavy atom. The predicted octanol–water partition coefficient (Wildman–Crippen LogP) is -0.0202. The van der Waals surface area contributed by atoms with E-state index in [1.807, 2.05) is 17.9 Å². The second kappa shape index (κ2) is 6.49. The summed E-state index contributed by atoms with van der Waals surface area (Å²) < 4.78 is 14.0. The fourth-order valence-electron chi connectivity index (χ4n) is 3.47. The van der Waals surface area contributed by atoms with E-state index < -0.39 is 12.1 Å². The van der Waals surface area contributed by atoms with Crippen molar-refractivity contribution in [2.45, 2.75) is 25.6 Å². The molecule has 2 saturated heterocycles. The number of likely N-dealkylation sites (N-methyl/N-ethyl adjacent to an activating group) is 1. The van der Waals surface area contributed by atoms with E-state index in [9.17, 15) is 19.1 Å². The number of halogens is 1. The zero-order valence-electron chi connectivity index (χ0n) is 13.9. The van der Waals surface area contributed by atoms with Gasteiger partial charge in [-0.15, -0.1) is 0 Å². The molecule has 1 aromatic carbocycles. The molecule has 3 rings (SSSR count). The first-order valence-corrected chi connectivity index (χ1v) is 8.07. The minimum atomic E-state index is -0.797. The highest BCUT2D eigenvalue weighted by Crippen LogP contribution is 2.22. The number of carbonyl (C=O) groups excluding carboxylic acids is 2. The third-order valence-corrected chi connectivity index (χ3v) is 4.90. The summed E-state index contributed by atoms with van der Waals surface area (Å²) in [5.41, 5.74) is 1.58. The van der Waals surface area contributed by atoms with E-state index in [1.165, 1.54) is 18.0 Å². The van der Waals surface area contributed by atoms with Gasteiger partial charge in [-0.2, -0.15) is 0 Å². The number of aryl methyl sites for hydroxylation is 1. The van der Waals surface area contributed by atoms with Crippen LogP contribution in [0.25, 0.3) is 0 Å². The molecule has 2 fully saturated rings. The van der Waals surface area contributed by atoms with Crippen LogP contribution in [0.2, 0.25) is 0 Å². The number of aliphatic hydroxyl groups excluding tert-OH is 1. The van der Waals surface area contributed by atoms with Crippen LogP contribution in [-0.2, 0) is 16.1 Å². The fraction of sp³-hybridized carbons (Fsp3) is 0.529. The van der Waals surface area contributed by atoms with Gasteiger partial charge in [0.2, 0.25) is 11.8 Å². The maximum absolute atomic E-state index is 14.0. The number of benzene rings is 1. The van der Waals surface area contributed by atoms with Crippen LogP contribution in [0.15, 0.2) is 18.2 Å². The first-order chi connectivity index (χ1) is 11.4. The lowest BCUT2D eigenvalue weighted by Crippen LogP contribution is -2.69. The zero-order valence-corrected chi connectivity index (χ0v) is 13.9. The highest BCUT2D eigenvalue weighted by molar-refractivity contribution is 5.97. The van der Waals surface area contributed by atoms with Crippen molar-refractivity contribution in [2.24, 2.45) is 0 Å². The van der Waals surface area contributed by atoms with E-state index in [-0.39, 0.29) is 24.2 Å². The Kier molecular flexibility index (Phi) is 4.56. The van der Waals surface area contributed by atoms with Crippen LogP contribution in [0.3, 0.4) is 0 Å². The molecule has 0 unspecified atom stereocenters. The maximum atomic E-state index is 14.0. The number of amides is 2. The molecule has 7 heteroatoms. The summed E-state index contributed by atoms with van der Waals surface area (Å²) >= 11 is 0. The summed E-state index contributed by atoms with van der Waals surface area (Å²) in [7, 11) is 1.54. The van der Waals surface area contributed by atoms with Gasteiger partial charge in [0.25, 0.3) is 0 Å². The van der Waals surface area contributed by atoms with Gasteiger partial charge >= 0.3 is 0 Å². The molecule has 2 aliphatic rings. The molecule has 2 atom stereocenters. The molecule has 0 radical (unpaired) electrons. The van der Waals surface area contributed by atoms with Crippen molar-refractivity contribution in [1.82, 2.24) is 14.7 Å². The van der Waals surface area contributed by atoms with Gasteiger partial charge in [-0.1, -0.05) is 17.7 Å². The maximum Gasteiger partial charge on any atom is 0.248 e. The molecule has 130 valence electrons. The van der Waals surface area contributed by atoms with E-state index in [1.54, 1.807) is 11.0 Å². The summed E-state index contributed by atoms with van der Waals surface area (Å²) in [5.74, 6) is -0.652. The van der Waals surface area contributed by atoms with Gasteiger partial charge in [0.1, 0.15) is 17.9 Å². The van der Waals surface area contributed by atoms with Gasteiger partial charge in [-0.05, 0) is 13.0 Å². The molecule has 6 nitrogen and oxygen atoms in total. The van der Waals surface area contributed by atoms with Crippen molar-refractivity contribution >= 4 is 11.8 Å². The van der Waals surface area contributed by atoms with Crippen molar-refractivity contribution < 1.29 is 19.1 Å². The second-order valence-electron chi connectivity index (χ2n) is 6.52. The van der Waals surface area contributed by atoms with Crippen LogP contribution in [-0.4, -0.2) is 77.0 Å². The quantitative estimate of drug-likeness (QED) is 0.843. The van der Waals surface area contributed by atoms with E-state index in [0.717, 1.165) is 5.56 Å². The second-order valence-corrected chi connectivity index (χ2v) is 6.52. The molecule has 0 spiro atoms. The number of fused-ring (bicyclic) bond motifs is 1. The van der Waals surface area contributed by atoms with Crippen molar-refractivity contribution in [3.05, 3.63) is 35.1 Å². The van der Waals surface area contributed by atoms with Gasteiger partial charge < -0.3 is 14.9 Å². The Hall–Kier alpha value is -1.99. The van der Waals surface area contributed by atoms with Crippen LogP contribution in [0.4, 0.5) is 4.39 Å². The predicted molar refractivity (Wildman–Crippen MR) is 85.6 cm³/mol. The molecule has 0 bridgehead atoms. The molecule has 0 saturated carbocycles. The summed E-state index contributed by atoms with van der Waals surface area (Å²) in [6, 6.07) is 3.63. The number of hydrogen-bond donors (Lipinski definition) is 1. The Balaban J connectivity index is 1.75. The lowest BCUT2D eigenvalue weighted by atomic mass is 10.0. The van der Waals surface area contributed by atoms with Gasteiger partial charge in [0.05, 0.1) is 6.61 Å². The van der Waals surface area contributed by atoms with E-state index in [4.69, 9.17) is 0 Å². The number of hydrogen-bond acceptors (Lipinski definition) is 4. The Morgan fingerprint density at radius 2 is 2.00 bits per heavy atom. The molecular formula is C17H22FN3O3. The third kappa shape index (κ3) is 2.89. The SMILES string of the molecule is Cc1ccc(F)c(CN2CCN3C(=O)[C@H](CO)N(C)C(=O)[C@H]3C2)c1. The molecule has 1 N–H and O–H groups in total. The van der Waals surface area contributed by atoms with Gasteiger partial charge in [-0.3, -0.25) is 14.5 Å². The van der Waals surface area contributed by atoms with E-state index >= 15 is 0 Å². The summed E-state index contributed by atoms with van der Waals surface area (Å²) in [4.78, 5) is 29.8. The highest BCUT2D eigenvalue weighted by Gasteiger charge is 2.46. The monoisotopic (exact) mass is 335 g/mol. The summed E-state index contributed by atoms with van der Waals surface area (Å²) in [6.45, 7) is 3.31. The topological polar surface area (TPSA) is 64.1 Å². The Morgan fingerprint density at radius 1 is 1.25 bits per heavy atom. The molecule has 2 heterocycles. The lowest BCUT2D eigenvalue weighted by Gasteiger charge is -2.48. The first-order valence-electron chi connectivity index (χ1n) is 8.07. The fourth-order valence-corrected chi connectivity index (χ4v) is 3.47. The van der Waals surface area contributed by atoms with Crippen molar-refractivity contribution in [2.75, 3.05) is 33.3 Å². The van der Waals surface area contributed by atoms with Crippen LogP contribution < -0.4 is 0 Å². The molecular weight excluding hydrogens is 313 g/mol. The average Bonchev–Trinajstić information content (AvgIpc) is 2.56. The average molecular weight is 335 g/mol. The highest BCUT2D eigenvalue weighted by atomic mass is 19.1. The van der Waals surface area contributed by atoms with Crippen LogP contribution in [0.5, 0.6) is 0 Å². The molecule has 0 aliphatic carbocycles. The van der Waals surface area contributed by atoms with Gasteiger partial charge in [-0.25, -0.2) is 4.39 Å². The number of rotatable bonds is 3. The standard InChI is InChI=1S/C17H22FN3O3/c1-11-3-4-13(18)12(7-11)8-20-5-6-21-14(9-20)16(23)19(2)15(10-22)17(21)24/h3-4,7,14-15,22H,5-6,8-10H2,1-2H3/t14-,15+/m1/s1. The number of nitrogens with zero attached hydrogens (tertiary/aromatic N) is 3. The van der Waals surface area contributed by atoms with Gasteiger partial charge in [0.15, 0.2) is 0 Å². The molecule has 24 heavy (non-hydrogen) atoms. The summed E-state index contributed by atoms with van der Waals surface area (Å²) in [6.07, 6.45) is 0. The van der Waals surface area contributed by atoms with Crippen LogP contribution in [0, 0.1) is 12.7 Å². The summed E-state index contributed by atoms with van der Waals surface area (Å²) in [5, 5.41) is 9.35. The van der Waals surface area contributed by atoms with E-state index in [0.29, 0.717) is 31.7 Å². The van der Waals surface area contributed by atoms with Crippen LogP contribution in [0.1, 0.15) is 11.1 Å². The molecule has 0 aromatic heterocycles. The zero-order chi connectivity index (χ0) is 17.4. The van der Waals surface area contributed by atoms with Crippen molar-refractivity contribution in [3.8, 4) is 0 Å². The molecule has 2 amide bonds. The first kappa shape index (κ1) is 16.9. The normalized spacial score (nSPS) is 25.2. The molecule has 1 aromatic rings. The third-order valence-electron chi connectivity index (χ3n) is 4.90. The van der Waals surface area contributed by atoms with Crippen molar-refractivity contribution in [1.29, 1.82) is 0 Å². The number of aliphatic hydroxyl groups is 1. The minimum absolute atomic E-state index is 0.178. The Bertz CT molecular complexity index is 666. The van der Waals surface area contributed by atoms with Gasteiger partial charge in [0, 0.05) is 38.8 Å². The van der Waals surface area contributed by atoms with E-state index in [2.05, 4.69) is 0 Å².